The monoisotopic (exact) mass is 500 g/mol. The Hall–Kier alpha value is -4.20. The largest absolute Gasteiger partial charge is 0.381 e. The molecule has 37 heavy (non-hydrogen) atoms. The van der Waals surface area contributed by atoms with Gasteiger partial charge < -0.3 is 25.0 Å². The Kier molecular flexibility index (Phi) is 6.41. The average Bonchev–Trinajstić information content (AvgIpc) is 3.55. The first-order valence-electron chi connectivity index (χ1n) is 12.0. The van der Waals surface area contributed by atoms with E-state index in [1.165, 1.54) is 0 Å². The van der Waals surface area contributed by atoms with E-state index in [0.717, 1.165) is 35.3 Å². The quantitative estimate of drug-likeness (QED) is 0.367. The van der Waals surface area contributed by atoms with Crippen LogP contribution in [0.25, 0.3) is 11.4 Å². The Balaban J connectivity index is 0.000000412. The van der Waals surface area contributed by atoms with E-state index < -0.39 is 18.1 Å². The summed E-state index contributed by atoms with van der Waals surface area (Å²) < 4.78 is 8.14. The van der Waals surface area contributed by atoms with Gasteiger partial charge >= 0.3 is 0 Å². The van der Waals surface area contributed by atoms with E-state index in [9.17, 15) is 15.0 Å². The predicted molar refractivity (Wildman–Crippen MR) is 134 cm³/mol. The molecule has 1 aromatic carbocycles. The summed E-state index contributed by atoms with van der Waals surface area (Å²) in [4.78, 5) is 16.9. The summed E-state index contributed by atoms with van der Waals surface area (Å²) in [6.45, 7) is 3.47. The molecule has 4 N–H and O–H groups in total. The van der Waals surface area contributed by atoms with Crippen LogP contribution in [0.1, 0.15) is 76.6 Å². The third-order valence-corrected chi connectivity index (χ3v) is 6.78. The smallest absolute Gasteiger partial charge is 0.269 e. The number of hydrogen-bond acceptors (Lipinski definition) is 7. The Morgan fingerprint density at radius 3 is 2.57 bits per heavy atom. The van der Waals surface area contributed by atoms with E-state index in [1.54, 1.807) is 43.2 Å². The lowest BCUT2D eigenvalue weighted by Crippen LogP contribution is -2.27. The van der Waals surface area contributed by atoms with Crippen molar-refractivity contribution < 1.29 is 19.5 Å². The molecule has 190 valence electrons. The molecular weight excluding hydrogens is 472 g/mol. The Morgan fingerprint density at radius 2 is 2.00 bits per heavy atom. The van der Waals surface area contributed by atoms with Gasteiger partial charge in [-0.3, -0.25) is 9.48 Å². The zero-order chi connectivity index (χ0) is 26.3. The van der Waals surface area contributed by atoms with Gasteiger partial charge in [0.1, 0.15) is 23.8 Å². The zero-order valence-corrected chi connectivity index (χ0v) is 20.8. The van der Waals surface area contributed by atoms with Crippen molar-refractivity contribution in [2.75, 3.05) is 0 Å². The molecule has 0 radical (unpaired) electrons. The second-order valence-corrected chi connectivity index (χ2v) is 9.38. The van der Waals surface area contributed by atoms with Gasteiger partial charge in [-0.25, -0.2) is 4.98 Å². The number of amides is 1. The summed E-state index contributed by atoms with van der Waals surface area (Å²) in [7, 11) is 1.74. The van der Waals surface area contributed by atoms with Gasteiger partial charge in [0.2, 0.25) is 0 Å². The number of carbonyl (C=O) groups excluding carboxylic acids is 1. The fourth-order valence-corrected chi connectivity index (χ4v) is 4.94. The molecular formula is C27H28N6O4. The molecule has 2 bridgehead atoms. The number of aliphatic hydroxyl groups is 2. The molecule has 5 heterocycles. The summed E-state index contributed by atoms with van der Waals surface area (Å²) in [6, 6.07) is 9.58. The molecule has 3 aromatic heterocycles. The van der Waals surface area contributed by atoms with E-state index in [0.29, 0.717) is 23.1 Å². The lowest BCUT2D eigenvalue weighted by molar-refractivity contribution is 0.0988. The second-order valence-electron chi connectivity index (χ2n) is 9.38. The number of hydrogen-bond donors (Lipinski definition) is 3. The summed E-state index contributed by atoms with van der Waals surface area (Å²) >= 11 is 0. The van der Waals surface area contributed by atoms with E-state index in [4.69, 9.17) is 5.73 Å². The number of nitrogens with two attached hydrogens (primary N) is 1. The third kappa shape index (κ3) is 4.55. The number of nitrogens with zero attached hydrogens (tertiary/aromatic N) is 5. The topological polar surface area (TPSA) is 145 Å². The van der Waals surface area contributed by atoms with Gasteiger partial charge in [0.15, 0.2) is 5.69 Å². The first-order chi connectivity index (χ1) is 17.7. The highest BCUT2D eigenvalue weighted by Crippen LogP contribution is 2.53. The lowest BCUT2D eigenvalue weighted by atomic mass is 9.75. The molecule has 1 aliphatic carbocycles. The van der Waals surface area contributed by atoms with Crippen LogP contribution in [0.2, 0.25) is 0 Å². The molecule has 3 aliphatic rings. The maximum absolute atomic E-state index is 12.3. The average molecular weight is 501 g/mol. The van der Waals surface area contributed by atoms with Crippen LogP contribution in [-0.4, -0.2) is 46.7 Å². The van der Waals surface area contributed by atoms with Gasteiger partial charge in [0.05, 0.1) is 17.6 Å². The van der Waals surface area contributed by atoms with Gasteiger partial charge in [-0.2, -0.15) is 5.10 Å². The molecule has 4 aromatic rings. The Morgan fingerprint density at radius 1 is 1.22 bits per heavy atom. The number of imidazole rings is 1. The lowest BCUT2D eigenvalue weighted by Gasteiger charge is -2.36. The number of aryl methyl sites for hydroxylation is 2. The molecule has 1 amide bonds. The second kappa shape index (κ2) is 9.69. The zero-order valence-electron chi connectivity index (χ0n) is 20.8. The normalized spacial score (nSPS) is 18.5. The van der Waals surface area contributed by atoms with Crippen LogP contribution in [0.15, 0.2) is 47.2 Å². The Labute approximate surface area is 213 Å². The van der Waals surface area contributed by atoms with Crippen LogP contribution in [0.4, 0.5) is 0 Å². The molecule has 2 atom stereocenters. The molecule has 1 saturated carbocycles. The molecule has 0 spiro atoms. The fraction of sp³-hybridized carbons (Fsp3) is 0.333. The first kappa shape index (κ1) is 24.5. The van der Waals surface area contributed by atoms with Crippen molar-refractivity contribution in [1.82, 2.24) is 24.5 Å². The molecule has 10 nitrogen and oxygen atoms in total. The van der Waals surface area contributed by atoms with Crippen molar-refractivity contribution in [2.24, 2.45) is 12.8 Å². The van der Waals surface area contributed by atoms with Crippen molar-refractivity contribution in [3.63, 3.8) is 0 Å². The van der Waals surface area contributed by atoms with E-state index in [2.05, 4.69) is 31.6 Å². The van der Waals surface area contributed by atoms with E-state index in [1.807, 2.05) is 29.7 Å². The number of aliphatic hydroxyl groups excluding tert-OH is 2. The van der Waals surface area contributed by atoms with Crippen molar-refractivity contribution in [1.29, 1.82) is 0 Å². The number of primary amides is 1. The van der Waals surface area contributed by atoms with Crippen LogP contribution in [0.3, 0.4) is 0 Å². The number of aromatic nitrogens is 5. The number of benzene rings is 1. The number of carbonyl (C=O) groups is 1. The van der Waals surface area contributed by atoms with Crippen LogP contribution < -0.4 is 5.73 Å². The van der Waals surface area contributed by atoms with E-state index in [-0.39, 0.29) is 11.7 Å². The minimum Gasteiger partial charge on any atom is -0.381 e. The standard InChI is InChI=1S/C23H23N5O3.C4H5NO/c1-12(29)3-4-13-5-6-16-14-10-15(11-14)28-20(21(30)18-7-8-25-27(18)2)19(22(24)31)26-23(28)17(16)9-13;1-4-2-3-5-6-4/h5-9,12,14-15,21,29-30H,10-11H2,1-2H3,(H2,24,31);2-3H,1H3. The van der Waals surface area contributed by atoms with Gasteiger partial charge in [0, 0.05) is 36.5 Å². The molecule has 2 unspecified atom stereocenters. The SMILES string of the molecule is CC(O)C#Cc1ccc2c(c1)-c1nc(C(N)=O)c(C(O)c3ccnn3C)n1C1CC2C1.Cc1ccno1. The van der Waals surface area contributed by atoms with Crippen LogP contribution in [-0.2, 0) is 7.05 Å². The minimum absolute atomic E-state index is 0.0699. The van der Waals surface area contributed by atoms with Gasteiger partial charge in [0.25, 0.3) is 5.91 Å². The van der Waals surface area contributed by atoms with Crippen LogP contribution >= 0.6 is 0 Å². The Bertz CT molecular complexity index is 1500. The third-order valence-electron chi connectivity index (χ3n) is 6.78. The first-order valence-corrected chi connectivity index (χ1v) is 12.0. The summed E-state index contributed by atoms with van der Waals surface area (Å²) in [6.07, 6.45) is 3.21. The molecule has 7 rings (SSSR count). The summed E-state index contributed by atoms with van der Waals surface area (Å²) in [5.41, 5.74) is 9.51. The summed E-state index contributed by atoms with van der Waals surface area (Å²) in [5.74, 6) is 6.92. The van der Waals surface area contributed by atoms with Crippen molar-refractivity contribution in [3.05, 3.63) is 76.7 Å². The fourth-order valence-electron chi connectivity index (χ4n) is 4.94. The van der Waals surface area contributed by atoms with Gasteiger partial charge in [-0.1, -0.05) is 23.1 Å². The van der Waals surface area contributed by atoms with Crippen molar-refractivity contribution in [3.8, 4) is 23.2 Å². The highest BCUT2D eigenvalue weighted by atomic mass is 16.5. The summed E-state index contributed by atoms with van der Waals surface area (Å²) in [5, 5.41) is 28.3. The van der Waals surface area contributed by atoms with Gasteiger partial charge in [-0.15, -0.1) is 0 Å². The highest BCUT2D eigenvalue weighted by Gasteiger charge is 2.42. The van der Waals surface area contributed by atoms with Gasteiger partial charge in [-0.05, 0) is 56.4 Å². The molecule has 0 saturated heterocycles. The van der Waals surface area contributed by atoms with Crippen molar-refractivity contribution in [2.45, 2.75) is 50.9 Å². The minimum atomic E-state index is -1.09. The van der Waals surface area contributed by atoms with E-state index >= 15 is 0 Å². The number of rotatable bonds is 3. The van der Waals surface area contributed by atoms with Crippen LogP contribution in [0.5, 0.6) is 0 Å². The predicted octanol–water partition coefficient (Wildman–Crippen LogP) is 2.61. The van der Waals surface area contributed by atoms with Crippen molar-refractivity contribution >= 4 is 5.91 Å². The highest BCUT2D eigenvalue weighted by molar-refractivity contribution is 5.93. The maximum Gasteiger partial charge on any atom is 0.269 e. The molecule has 10 heteroatoms. The van der Waals surface area contributed by atoms with Crippen LogP contribution in [0, 0.1) is 18.8 Å². The molecule has 1 fully saturated rings. The maximum atomic E-state index is 12.3. The molecule has 2 aliphatic heterocycles.